The van der Waals surface area contributed by atoms with E-state index in [0.717, 1.165) is 62.7 Å². The van der Waals surface area contributed by atoms with Gasteiger partial charge in [-0.15, -0.1) is 0 Å². The second-order valence-electron chi connectivity index (χ2n) is 13.7. The molecule has 3 aliphatic rings. The fraction of sp³-hybridized carbons (Fsp3) is 0.583. The molecule has 0 saturated carbocycles. The molecule has 0 radical (unpaired) electrons. The molecule has 0 unspecified atom stereocenters. The summed E-state index contributed by atoms with van der Waals surface area (Å²) >= 11 is 6.11. The van der Waals surface area contributed by atoms with Gasteiger partial charge in [0.2, 0.25) is 6.41 Å². The van der Waals surface area contributed by atoms with Gasteiger partial charge < -0.3 is 35.4 Å². The Morgan fingerprint density at radius 1 is 1.02 bits per heavy atom. The summed E-state index contributed by atoms with van der Waals surface area (Å²) in [7, 11) is 3.95. The Morgan fingerprint density at radius 3 is 2.29 bits per heavy atom. The number of benzene rings is 2. The quantitative estimate of drug-likeness (QED) is 0.258. The van der Waals surface area contributed by atoms with E-state index in [1.54, 1.807) is 9.80 Å². The smallest absolute Gasteiger partial charge is 0.418 e. The number of carbonyl (C=O) groups is 3. The maximum Gasteiger partial charge on any atom is 0.418 e. The normalized spacial score (nSPS) is 19.1. The molecule has 0 bridgehead atoms. The highest BCUT2D eigenvalue weighted by atomic mass is 35.5. The van der Waals surface area contributed by atoms with Gasteiger partial charge in [0.1, 0.15) is 0 Å². The molecule has 11 nitrogen and oxygen atoms in total. The van der Waals surface area contributed by atoms with Crippen LogP contribution in [0.5, 0.6) is 0 Å². The van der Waals surface area contributed by atoms with Crippen LogP contribution < -0.4 is 11.1 Å². The van der Waals surface area contributed by atoms with Crippen LogP contribution >= 0.6 is 11.6 Å². The molecular weight excluding hydrogens is 687 g/mol. The van der Waals surface area contributed by atoms with Gasteiger partial charge in [-0.1, -0.05) is 29.8 Å². The van der Waals surface area contributed by atoms with Gasteiger partial charge in [-0.2, -0.15) is 13.2 Å². The highest BCUT2D eigenvalue weighted by Gasteiger charge is 2.38. The van der Waals surface area contributed by atoms with Gasteiger partial charge in [0, 0.05) is 90.1 Å². The lowest BCUT2D eigenvalue weighted by Crippen LogP contribution is -2.54. The maximum atomic E-state index is 14.0. The molecule has 51 heavy (non-hydrogen) atoms. The zero-order valence-electron chi connectivity index (χ0n) is 29.3. The second kappa shape index (κ2) is 17.2. The Balaban J connectivity index is 1.24. The van der Waals surface area contributed by atoms with Gasteiger partial charge in [0.05, 0.1) is 16.3 Å². The molecule has 0 spiro atoms. The molecule has 3 heterocycles. The molecule has 280 valence electrons. The first-order valence-electron chi connectivity index (χ1n) is 17.7. The molecule has 3 amide bonds. The Morgan fingerprint density at radius 2 is 1.67 bits per heavy atom. The number of nitrogens with zero attached hydrogens (tertiary/aromatic N) is 5. The number of hydrogen-bond acceptors (Lipinski definition) is 8. The average Bonchev–Trinajstić information content (AvgIpc) is 3.13. The van der Waals surface area contributed by atoms with Crippen molar-refractivity contribution in [2.24, 2.45) is 0 Å². The fourth-order valence-corrected chi connectivity index (χ4v) is 7.63. The maximum absolute atomic E-state index is 14.0. The van der Waals surface area contributed by atoms with Crippen molar-refractivity contribution in [1.29, 1.82) is 0 Å². The predicted molar refractivity (Wildman–Crippen MR) is 191 cm³/mol. The summed E-state index contributed by atoms with van der Waals surface area (Å²) in [6, 6.07) is 10.3. The van der Waals surface area contributed by atoms with E-state index in [2.05, 4.69) is 22.2 Å². The SMILES string of the molecule is CNc1ccccc1CCN(C=O)C1CCN(C(=O)O[C@H](Cc2cc(Cl)c(N)c(C(F)(F)F)c2)C(=O)N2CCC(N3CCN(C)CC3)CC2)CC1. The van der Waals surface area contributed by atoms with Crippen molar-refractivity contribution >= 4 is 41.4 Å². The van der Waals surface area contributed by atoms with Crippen molar-refractivity contribution in [1.82, 2.24) is 24.5 Å². The van der Waals surface area contributed by atoms with Gasteiger partial charge in [-0.25, -0.2) is 4.79 Å². The Kier molecular flexibility index (Phi) is 13.0. The monoisotopic (exact) mass is 735 g/mol. The number of nitrogens with one attached hydrogen (secondary N) is 1. The zero-order valence-corrected chi connectivity index (χ0v) is 30.1. The van der Waals surface area contributed by atoms with Crippen molar-refractivity contribution in [2.45, 2.75) is 62.9 Å². The van der Waals surface area contributed by atoms with Crippen LogP contribution in [0.4, 0.5) is 29.3 Å². The van der Waals surface area contributed by atoms with Crippen LogP contribution in [0.3, 0.4) is 0 Å². The number of alkyl halides is 3. The first-order chi connectivity index (χ1) is 24.4. The highest BCUT2D eigenvalue weighted by Crippen LogP contribution is 2.38. The molecule has 3 saturated heterocycles. The number of likely N-dealkylation sites (tertiary alicyclic amines) is 2. The standard InChI is InChI=1S/C36H49ClF3N7O4/c1-42-31-6-4-3-5-26(31)7-12-47(24-48)28-10-15-46(16-11-28)35(50)51-32(23-25-21-29(36(38,39)40)33(41)30(37)22-25)34(49)45-13-8-27(9-14-45)44-19-17-43(2)18-20-44/h3-6,21-22,24,27-28,32,42H,7-20,23,41H2,1-2H3/t32-/m1/s1. The number of piperidine rings is 2. The van der Waals surface area contributed by atoms with Crippen LogP contribution in [-0.4, -0.2) is 134 Å². The molecule has 3 N–H and O–H groups in total. The average molecular weight is 736 g/mol. The van der Waals surface area contributed by atoms with Crippen molar-refractivity contribution in [3.63, 3.8) is 0 Å². The van der Waals surface area contributed by atoms with E-state index in [0.29, 0.717) is 58.0 Å². The summed E-state index contributed by atoms with van der Waals surface area (Å²) in [5.41, 5.74) is 6.13. The molecule has 15 heteroatoms. The largest absolute Gasteiger partial charge is 0.436 e. The number of nitrogen functional groups attached to an aromatic ring is 1. The summed E-state index contributed by atoms with van der Waals surface area (Å²) in [4.78, 5) is 49.2. The Hall–Kier alpha value is -3.75. The number of hydrogen-bond donors (Lipinski definition) is 2. The minimum atomic E-state index is -4.76. The number of rotatable bonds is 11. The lowest BCUT2D eigenvalue weighted by molar-refractivity contribution is -0.142. The third-order valence-electron chi connectivity index (χ3n) is 10.5. The number of anilines is 2. The lowest BCUT2D eigenvalue weighted by Gasteiger charge is -2.42. The van der Waals surface area contributed by atoms with E-state index < -0.39 is 35.5 Å². The second-order valence-corrected chi connectivity index (χ2v) is 14.1. The first-order valence-corrected chi connectivity index (χ1v) is 18.0. The van der Waals surface area contributed by atoms with Crippen molar-refractivity contribution < 1.29 is 32.3 Å². The van der Waals surface area contributed by atoms with Gasteiger partial charge in [0.25, 0.3) is 5.91 Å². The number of halogens is 4. The third kappa shape index (κ3) is 9.78. The van der Waals surface area contributed by atoms with E-state index in [-0.39, 0.29) is 23.0 Å². The number of carbonyl (C=O) groups excluding carboxylic acids is 3. The van der Waals surface area contributed by atoms with Gasteiger partial charge in [-0.3, -0.25) is 14.5 Å². The summed E-state index contributed by atoms with van der Waals surface area (Å²) in [6.07, 6.45) is -3.10. The van der Waals surface area contributed by atoms with Crippen LogP contribution in [-0.2, 0) is 33.3 Å². The van der Waals surface area contributed by atoms with Crippen LogP contribution in [0, 0.1) is 0 Å². The summed E-state index contributed by atoms with van der Waals surface area (Å²) in [5, 5.41) is 2.88. The number of ether oxygens (including phenoxy) is 1. The van der Waals surface area contributed by atoms with E-state index in [1.807, 2.05) is 31.3 Å². The van der Waals surface area contributed by atoms with Crippen LogP contribution in [0.2, 0.25) is 5.02 Å². The van der Waals surface area contributed by atoms with Gasteiger partial charge >= 0.3 is 12.3 Å². The van der Waals surface area contributed by atoms with Crippen LogP contribution in [0.15, 0.2) is 36.4 Å². The minimum Gasteiger partial charge on any atom is -0.436 e. The van der Waals surface area contributed by atoms with Gasteiger partial charge in [-0.05, 0) is 68.5 Å². The predicted octanol–water partition coefficient (Wildman–Crippen LogP) is 4.43. The summed E-state index contributed by atoms with van der Waals surface area (Å²) in [5.74, 6) is -0.453. The number of para-hydroxylation sites is 1. The topological polar surface area (TPSA) is 115 Å². The highest BCUT2D eigenvalue weighted by molar-refractivity contribution is 6.33. The molecule has 2 aromatic rings. The lowest BCUT2D eigenvalue weighted by atomic mass is 9.99. The molecule has 1 atom stereocenters. The number of nitrogens with two attached hydrogens (primary N) is 1. The molecule has 0 aromatic heterocycles. The van der Waals surface area contributed by atoms with E-state index in [4.69, 9.17) is 22.1 Å². The third-order valence-corrected chi connectivity index (χ3v) is 10.8. The minimum absolute atomic E-state index is 0.0787. The van der Waals surface area contributed by atoms with Crippen molar-refractivity contribution in [3.8, 4) is 0 Å². The fourth-order valence-electron chi connectivity index (χ4n) is 7.39. The van der Waals surface area contributed by atoms with E-state index in [1.165, 1.54) is 11.0 Å². The van der Waals surface area contributed by atoms with Crippen molar-refractivity contribution in [2.75, 3.05) is 84.0 Å². The summed E-state index contributed by atoms with van der Waals surface area (Å²) < 4.78 is 47.3. The summed E-state index contributed by atoms with van der Waals surface area (Å²) in [6.45, 7) is 5.89. The first kappa shape index (κ1) is 38.5. The zero-order chi connectivity index (χ0) is 36.7. The van der Waals surface area contributed by atoms with E-state index in [9.17, 15) is 27.6 Å². The number of likely N-dealkylation sites (N-methyl/N-ethyl adjacent to an activating group) is 1. The molecule has 2 aromatic carbocycles. The van der Waals surface area contributed by atoms with Crippen LogP contribution in [0.1, 0.15) is 42.4 Å². The molecular formula is C36H49ClF3N7O4. The van der Waals surface area contributed by atoms with Gasteiger partial charge in [0.15, 0.2) is 6.10 Å². The van der Waals surface area contributed by atoms with Crippen molar-refractivity contribution in [3.05, 3.63) is 58.1 Å². The number of amides is 3. The Labute approximate surface area is 302 Å². The van der Waals surface area contributed by atoms with Crippen LogP contribution in [0.25, 0.3) is 0 Å². The molecule has 3 fully saturated rings. The molecule has 3 aliphatic heterocycles. The van der Waals surface area contributed by atoms with E-state index >= 15 is 0 Å². The molecule has 5 rings (SSSR count). The number of piperazine rings is 1. The Bertz CT molecular complexity index is 1510. The molecule has 0 aliphatic carbocycles.